The third kappa shape index (κ3) is 4.14. The Balaban J connectivity index is 1.96. The average molecular weight is 350 g/mol. The number of benzene rings is 1. The molecule has 112 valence electrons. The van der Waals surface area contributed by atoms with Crippen molar-refractivity contribution in [2.75, 3.05) is 11.9 Å². The smallest absolute Gasteiger partial charge is 0.385 e. The van der Waals surface area contributed by atoms with Gasteiger partial charge in [-0.3, -0.25) is 0 Å². The van der Waals surface area contributed by atoms with Crippen molar-refractivity contribution in [1.29, 1.82) is 0 Å². The zero-order chi connectivity index (χ0) is 14.8. The molecule has 1 aliphatic carbocycles. The van der Waals surface area contributed by atoms with Gasteiger partial charge in [-0.15, -0.1) is 0 Å². The van der Waals surface area contributed by atoms with Crippen LogP contribution in [-0.2, 0) is 6.18 Å². The molecule has 1 nitrogen and oxygen atoms in total. The molecular weight excluding hydrogens is 331 g/mol. The van der Waals surface area contributed by atoms with E-state index in [1.807, 2.05) is 0 Å². The molecule has 0 bridgehead atoms. The second-order valence-electron chi connectivity index (χ2n) is 5.70. The number of anilines is 1. The normalized spacial score (nSPS) is 23.6. The van der Waals surface area contributed by atoms with Gasteiger partial charge in [0.15, 0.2) is 0 Å². The van der Waals surface area contributed by atoms with E-state index in [0.717, 1.165) is 25.3 Å². The Morgan fingerprint density at radius 3 is 2.45 bits per heavy atom. The molecule has 0 amide bonds. The summed E-state index contributed by atoms with van der Waals surface area (Å²) >= 11 is 2.95. The second kappa shape index (κ2) is 6.37. The lowest BCUT2D eigenvalue weighted by Gasteiger charge is -2.26. The Hall–Kier alpha value is -0.710. The van der Waals surface area contributed by atoms with Gasteiger partial charge < -0.3 is 5.32 Å². The maximum Gasteiger partial charge on any atom is 0.417 e. The molecule has 5 heteroatoms. The van der Waals surface area contributed by atoms with Gasteiger partial charge in [0.25, 0.3) is 0 Å². The summed E-state index contributed by atoms with van der Waals surface area (Å²) in [5.41, 5.74) is -0.0843. The fourth-order valence-electron chi connectivity index (χ4n) is 2.65. The maximum absolute atomic E-state index is 12.8. The Labute approximate surface area is 126 Å². The van der Waals surface area contributed by atoms with E-state index in [1.165, 1.54) is 25.0 Å². The summed E-state index contributed by atoms with van der Waals surface area (Å²) in [7, 11) is 0. The topological polar surface area (TPSA) is 12.0 Å². The summed E-state index contributed by atoms with van der Waals surface area (Å²) < 4.78 is 38.5. The lowest BCUT2D eigenvalue weighted by Crippen LogP contribution is -2.20. The van der Waals surface area contributed by atoms with Gasteiger partial charge in [0.2, 0.25) is 0 Å². The highest BCUT2D eigenvalue weighted by atomic mass is 79.9. The molecule has 0 aromatic heterocycles. The van der Waals surface area contributed by atoms with Gasteiger partial charge in [-0.1, -0.05) is 35.7 Å². The highest BCUT2D eigenvalue weighted by Crippen LogP contribution is 2.36. The van der Waals surface area contributed by atoms with Crippen LogP contribution in [0.4, 0.5) is 18.9 Å². The predicted molar refractivity (Wildman–Crippen MR) is 78.8 cm³/mol. The van der Waals surface area contributed by atoms with Crippen molar-refractivity contribution < 1.29 is 13.2 Å². The lowest BCUT2D eigenvalue weighted by molar-refractivity contribution is -0.138. The maximum atomic E-state index is 12.8. The summed E-state index contributed by atoms with van der Waals surface area (Å²) in [5, 5.41) is 3.15. The zero-order valence-corrected chi connectivity index (χ0v) is 13.0. The van der Waals surface area contributed by atoms with Gasteiger partial charge in [0, 0.05) is 16.7 Å². The first-order chi connectivity index (χ1) is 9.36. The van der Waals surface area contributed by atoms with Crippen molar-refractivity contribution in [2.24, 2.45) is 11.8 Å². The summed E-state index contributed by atoms with van der Waals surface area (Å²) in [4.78, 5) is 0. The first-order valence-electron chi connectivity index (χ1n) is 6.97. The van der Waals surface area contributed by atoms with Crippen LogP contribution in [0.3, 0.4) is 0 Å². The lowest BCUT2D eigenvalue weighted by atomic mass is 9.83. The highest BCUT2D eigenvalue weighted by molar-refractivity contribution is 9.10. The molecule has 1 aromatic rings. The Morgan fingerprint density at radius 2 is 1.85 bits per heavy atom. The number of hydrogen-bond acceptors (Lipinski definition) is 1. The van der Waals surface area contributed by atoms with Crippen molar-refractivity contribution in [3.63, 3.8) is 0 Å². The largest absolute Gasteiger partial charge is 0.417 e. The fraction of sp³-hybridized carbons (Fsp3) is 0.600. The van der Waals surface area contributed by atoms with Crippen LogP contribution in [0.2, 0.25) is 0 Å². The van der Waals surface area contributed by atoms with E-state index in [4.69, 9.17) is 0 Å². The highest BCUT2D eigenvalue weighted by Gasteiger charge is 2.33. The summed E-state index contributed by atoms with van der Waals surface area (Å²) in [6.07, 6.45) is 0.450. The van der Waals surface area contributed by atoms with Gasteiger partial charge in [-0.25, -0.2) is 0 Å². The third-order valence-electron chi connectivity index (χ3n) is 4.00. The van der Waals surface area contributed by atoms with E-state index >= 15 is 0 Å². The number of halogens is 4. The molecule has 20 heavy (non-hydrogen) atoms. The minimum Gasteiger partial charge on any atom is -0.385 e. The van der Waals surface area contributed by atoms with E-state index in [2.05, 4.69) is 28.2 Å². The molecule has 2 rings (SSSR count). The van der Waals surface area contributed by atoms with Gasteiger partial charge in [0.05, 0.1) is 5.56 Å². The summed E-state index contributed by atoms with van der Waals surface area (Å²) in [6.45, 7) is 3.01. The van der Waals surface area contributed by atoms with Crippen LogP contribution in [-0.4, -0.2) is 6.54 Å². The summed E-state index contributed by atoms with van der Waals surface area (Å²) in [6, 6.07) is 4.31. The molecule has 1 aliphatic rings. The van der Waals surface area contributed by atoms with Gasteiger partial charge in [0.1, 0.15) is 0 Å². The van der Waals surface area contributed by atoms with E-state index in [9.17, 15) is 13.2 Å². The monoisotopic (exact) mass is 349 g/mol. The molecule has 1 saturated carbocycles. The number of hydrogen-bond donors (Lipinski definition) is 1. The second-order valence-corrected chi connectivity index (χ2v) is 6.55. The zero-order valence-electron chi connectivity index (χ0n) is 11.4. The van der Waals surface area contributed by atoms with Gasteiger partial charge in [-0.2, -0.15) is 13.2 Å². The van der Waals surface area contributed by atoms with Gasteiger partial charge >= 0.3 is 6.18 Å². The average Bonchev–Trinajstić information content (AvgIpc) is 2.38. The van der Waals surface area contributed by atoms with Crippen LogP contribution in [0.25, 0.3) is 0 Å². The molecule has 0 radical (unpaired) electrons. The predicted octanol–water partition coefficient (Wildman–Crippen LogP) is 5.71. The Morgan fingerprint density at radius 1 is 1.20 bits per heavy atom. The third-order valence-corrected chi connectivity index (χ3v) is 4.69. The molecule has 0 spiro atoms. The molecular formula is C15H19BrF3N. The van der Waals surface area contributed by atoms with Crippen LogP contribution in [0.1, 0.15) is 38.2 Å². The van der Waals surface area contributed by atoms with Crippen molar-refractivity contribution >= 4 is 21.6 Å². The Kier molecular flexibility index (Phi) is 4.99. The first kappa shape index (κ1) is 15.7. The molecule has 0 heterocycles. The van der Waals surface area contributed by atoms with E-state index in [1.54, 1.807) is 6.07 Å². The molecule has 0 aliphatic heterocycles. The Bertz CT molecular complexity index is 451. The van der Waals surface area contributed by atoms with Crippen molar-refractivity contribution in [3.05, 3.63) is 28.2 Å². The molecule has 0 saturated heterocycles. The van der Waals surface area contributed by atoms with E-state index < -0.39 is 11.7 Å². The van der Waals surface area contributed by atoms with Crippen LogP contribution < -0.4 is 5.32 Å². The van der Waals surface area contributed by atoms with E-state index in [-0.39, 0.29) is 4.47 Å². The quantitative estimate of drug-likeness (QED) is 0.737. The summed E-state index contributed by atoms with van der Waals surface area (Å²) in [5.74, 6) is 1.36. The number of nitrogens with one attached hydrogen (secondary N) is 1. The van der Waals surface area contributed by atoms with Crippen molar-refractivity contribution in [2.45, 2.75) is 38.8 Å². The van der Waals surface area contributed by atoms with Crippen molar-refractivity contribution in [1.82, 2.24) is 0 Å². The van der Waals surface area contributed by atoms with Gasteiger partial charge in [-0.05, 0) is 42.9 Å². The van der Waals surface area contributed by atoms with Crippen LogP contribution in [0.15, 0.2) is 22.7 Å². The van der Waals surface area contributed by atoms with Crippen LogP contribution in [0, 0.1) is 11.8 Å². The molecule has 1 fully saturated rings. The minimum atomic E-state index is -4.32. The first-order valence-corrected chi connectivity index (χ1v) is 7.76. The standard InChI is InChI=1S/C15H19BrF3N/c1-10-2-4-11(5-3-10)9-20-12-6-7-14(16)13(8-12)15(17,18)19/h6-8,10-11,20H,2-5,9H2,1H3. The molecule has 1 aromatic carbocycles. The van der Waals surface area contributed by atoms with Crippen molar-refractivity contribution in [3.8, 4) is 0 Å². The van der Waals surface area contributed by atoms with Crippen LogP contribution in [0.5, 0.6) is 0 Å². The molecule has 0 atom stereocenters. The molecule has 1 N–H and O–H groups in total. The fourth-order valence-corrected chi connectivity index (χ4v) is 3.12. The number of rotatable bonds is 3. The molecule has 0 unspecified atom stereocenters. The number of alkyl halides is 3. The minimum absolute atomic E-state index is 0.0852. The van der Waals surface area contributed by atoms with Crippen LogP contribution >= 0.6 is 15.9 Å². The van der Waals surface area contributed by atoms with E-state index in [0.29, 0.717) is 11.6 Å². The SMILES string of the molecule is CC1CCC(CNc2ccc(Br)c(C(F)(F)F)c2)CC1.